The summed E-state index contributed by atoms with van der Waals surface area (Å²) in [6, 6.07) is 20.6. The molecule has 3 aromatic carbocycles. The van der Waals surface area contributed by atoms with E-state index < -0.39 is 12.1 Å². The number of benzene rings is 3. The third-order valence-corrected chi connectivity index (χ3v) is 4.69. The van der Waals surface area contributed by atoms with Gasteiger partial charge in [-0.05, 0) is 60.0 Å². The molecule has 6 heteroatoms. The normalized spacial score (nSPS) is 11.7. The summed E-state index contributed by atoms with van der Waals surface area (Å²) in [5.41, 5.74) is 2.84. The number of methoxy groups -OCH3 is 2. The van der Waals surface area contributed by atoms with Crippen molar-refractivity contribution < 1.29 is 28.8 Å². The summed E-state index contributed by atoms with van der Waals surface area (Å²) in [6.45, 7) is 1.79. The van der Waals surface area contributed by atoms with Crippen LogP contribution >= 0.6 is 0 Å². The highest BCUT2D eigenvalue weighted by molar-refractivity contribution is 5.72. The van der Waals surface area contributed by atoms with Crippen LogP contribution in [0.1, 0.15) is 23.6 Å². The highest BCUT2D eigenvalue weighted by atomic mass is 16.5. The van der Waals surface area contributed by atoms with E-state index in [-0.39, 0.29) is 0 Å². The van der Waals surface area contributed by atoms with Gasteiger partial charge in [0.1, 0.15) is 29.6 Å². The van der Waals surface area contributed by atoms with Crippen molar-refractivity contribution in [3.63, 3.8) is 0 Å². The van der Waals surface area contributed by atoms with Crippen LogP contribution < -0.4 is 18.9 Å². The lowest BCUT2D eigenvalue weighted by Gasteiger charge is -2.13. The number of hydrogen-bond acceptors (Lipinski definition) is 5. The topological polar surface area (TPSA) is 74.2 Å². The molecule has 1 unspecified atom stereocenters. The van der Waals surface area contributed by atoms with Gasteiger partial charge >= 0.3 is 5.97 Å². The molecule has 0 saturated heterocycles. The molecule has 0 saturated carbocycles. The van der Waals surface area contributed by atoms with E-state index in [0.29, 0.717) is 23.9 Å². The summed E-state index contributed by atoms with van der Waals surface area (Å²) in [7, 11) is 3.25. The van der Waals surface area contributed by atoms with Gasteiger partial charge in [-0.15, -0.1) is 0 Å². The summed E-state index contributed by atoms with van der Waals surface area (Å²) >= 11 is 0. The quantitative estimate of drug-likeness (QED) is 0.436. The van der Waals surface area contributed by atoms with Gasteiger partial charge in [0.05, 0.1) is 14.2 Å². The molecule has 1 atom stereocenters. The Balaban J connectivity index is 1.70. The van der Waals surface area contributed by atoms with Crippen molar-refractivity contribution in [1.29, 1.82) is 0 Å². The second-order valence-corrected chi connectivity index (χ2v) is 7.08. The summed E-state index contributed by atoms with van der Waals surface area (Å²) in [6.07, 6.45) is 3.06. The Bertz CT molecular complexity index is 1070. The predicted molar refractivity (Wildman–Crippen MR) is 123 cm³/mol. The van der Waals surface area contributed by atoms with Gasteiger partial charge in [-0.2, -0.15) is 0 Å². The molecule has 0 aromatic heterocycles. The van der Waals surface area contributed by atoms with Gasteiger partial charge < -0.3 is 24.1 Å². The molecule has 0 fully saturated rings. The van der Waals surface area contributed by atoms with Gasteiger partial charge in [-0.25, -0.2) is 4.79 Å². The minimum absolute atomic E-state index is 0.299. The van der Waals surface area contributed by atoms with E-state index in [2.05, 4.69) is 0 Å². The van der Waals surface area contributed by atoms with Crippen LogP contribution in [0, 0.1) is 0 Å². The molecule has 0 aliphatic heterocycles. The van der Waals surface area contributed by atoms with Crippen molar-refractivity contribution in [2.75, 3.05) is 14.2 Å². The molecule has 6 nitrogen and oxygen atoms in total. The number of ether oxygens (including phenoxy) is 4. The first-order chi connectivity index (χ1) is 15.5. The average molecular weight is 434 g/mol. The Morgan fingerprint density at radius 2 is 1.53 bits per heavy atom. The largest absolute Gasteiger partial charge is 0.497 e. The first kappa shape index (κ1) is 22.7. The summed E-state index contributed by atoms with van der Waals surface area (Å²) in [5, 5.41) is 9.01. The minimum atomic E-state index is -1.02. The van der Waals surface area contributed by atoms with E-state index >= 15 is 0 Å². The number of carboxylic acid groups (broad SMARTS) is 1. The molecule has 3 rings (SSSR count). The van der Waals surface area contributed by atoms with Crippen LogP contribution in [0.15, 0.2) is 66.7 Å². The van der Waals surface area contributed by atoms with Crippen molar-refractivity contribution in [2.24, 2.45) is 0 Å². The van der Waals surface area contributed by atoms with Crippen molar-refractivity contribution >= 4 is 18.1 Å². The zero-order valence-corrected chi connectivity index (χ0v) is 18.3. The fourth-order valence-corrected chi connectivity index (χ4v) is 2.93. The molecule has 0 heterocycles. The highest BCUT2D eigenvalue weighted by Gasteiger charge is 2.12. The van der Waals surface area contributed by atoms with Crippen LogP contribution in [0.4, 0.5) is 0 Å². The first-order valence-corrected chi connectivity index (χ1v) is 10.1. The maximum absolute atomic E-state index is 11.0. The molecular formula is C26H26O6. The van der Waals surface area contributed by atoms with Crippen molar-refractivity contribution in [1.82, 2.24) is 0 Å². The maximum Gasteiger partial charge on any atom is 0.344 e. The Morgan fingerprint density at radius 1 is 0.844 bits per heavy atom. The van der Waals surface area contributed by atoms with E-state index in [1.54, 1.807) is 32.4 Å². The second-order valence-electron chi connectivity index (χ2n) is 7.08. The molecule has 0 amide bonds. The Hall–Kier alpha value is -3.93. The predicted octanol–water partition coefficient (Wildman–Crippen LogP) is 5.31. The lowest BCUT2D eigenvalue weighted by Crippen LogP contribution is -2.22. The molecule has 166 valence electrons. The van der Waals surface area contributed by atoms with Crippen LogP contribution in [0.5, 0.6) is 23.0 Å². The Labute approximate surface area is 187 Å². The lowest BCUT2D eigenvalue weighted by molar-refractivity contribution is -0.144. The standard InChI is InChI=1S/C26H26O6/c1-18(26(27)28)32-23-6-4-5-21(15-23)17-31-25-14-20(13-24(16-25)30-3)8-7-19-9-11-22(29-2)12-10-19/h4-16,18H,17H2,1-3H3,(H,27,28)/b8-7+. The third-order valence-electron chi connectivity index (χ3n) is 4.69. The number of hydrogen-bond donors (Lipinski definition) is 1. The molecule has 3 aromatic rings. The third kappa shape index (κ3) is 6.54. The van der Waals surface area contributed by atoms with E-state index in [4.69, 9.17) is 24.1 Å². The van der Waals surface area contributed by atoms with Crippen LogP contribution in [-0.2, 0) is 11.4 Å². The van der Waals surface area contributed by atoms with Crippen LogP contribution in [0.3, 0.4) is 0 Å². The van der Waals surface area contributed by atoms with Gasteiger partial charge in [0.25, 0.3) is 0 Å². The number of carbonyl (C=O) groups is 1. The molecule has 0 radical (unpaired) electrons. The fraction of sp³-hybridized carbons (Fsp3) is 0.192. The molecule has 1 N–H and O–H groups in total. The lowest BCUT2D eigenvalue weighted by atomic mass is 10.1. The molecule has 0 bridgehead atoms. The first-order valence-electron chi connectivity index (χ1n) is 10.1. The van der Waals surface area contributed by atoms with Gasteiger partial charge in [0.2, 0.25) is 0 Å². The zero-order valence-electron chi connectivity index (χ0n) is 18.3. The summed E-state index contributed by atoms with van der Waals surface area (Å²) < 4.78 is 22.0. The Kier molecular flexibility index (Phi) is 7.75. The number of rotatable bonds is 10. The molecule has 0 aliphatic rings. The summed E-state index contributed by atoms with van der Waals surface area (Å²) in [5.74, 6) is 1.62. The van der Waals surface area contributed by atoms with E-state index in [0.717, 1.165) is 22.4 Å². The zero-order chi connectivity index (χ0) is 22.9. The summed E-state index contributed by atoms with van der Waals surface area (Å²) in [4.78, 5) is 11.0. The second kappa shape index (κ2) is 10.9. The fourth-order valence-electron chi connectivity index (χ4n) is 2.93. The highest BCUT2D eigenvalue weighted by Crippen LogP contribution is 2.26. The molecule has 0 spiro atoms. The van der Waals surface area contributed by atoms with E-state index in [1.165, 1.54) is 6.92 Å². The minimum Gasteiger partial charge on any atom is -0.497 e. The van der Waals surface area contributed by atoms with Gasteiger partial charge in [0.15, 0.2) is 6.10 Å². The molecule has 32 heavy (non-hydrogen) atoms. The van der Waals surface area contributed by atoms with Gasteiger partial charge in [-0.1, -0.05) is 36.4 Å². The van der Waals surface area contributed by atoms with E-state index in [1.807, 2.05) is 60.7 Å². The smallest absolute Gasteiger partial charge is 0.344 e. The average Bonchev–Trinajstić information content (AvgIpc) is 2.81. The van der Waals surface area contributed by atoms with Crippen LogP contribution in [0.25, 0.3) is 12.2 Å². The van der Waals surface area contributed by atoms with Gasteiger partial charge in [0, 0.05) is 6.07 Å². The maximum atomic E-state index is 11.0. The van der Waals surface area contributed by atoms with Crippen LogP contribution in [0.2, 0.25) is 0 Å². The van der Waals surface area contributed by atoms with Gasteiger partial charge in [-0.3, -0.25) is 0 Å². The van der Waals surface area contributed by atoms with Crippen LogP contribution in [-0.4, -0.2) is 31.4 Å². The number of aliphatic carboxylic acids is 1. The van der Waals surface area contributed by atoms with E-state index in [9.17, 15) is 4.79 Å². The Morgan fingerprint density at radius 3 is 2.22 bits per heavy atom. The SMILES string of the molecule is COc1ccc(/C=C/c2cc(OC)cc(OCc3cccc(OC(C)C(=O)O)c3)c2)cc1. The molecular weight excluding hydrogens is 408 g/mol. The molecule has 0 aliphatic carbocycles. The number of carboxylic acids is 1. The monoisotopic (exact) mass is 434 g/mol. The van der Waals surface area contributed by atoms with Crippen molar-refractivity contribution in [3.8, 4) is 23.0 Å². The van der Waals surface area contributed by atoms with Crippen molar-refractivity contribution in [2.45, 2.75) is 19.6 Å². The van der Waals surface area contributed by atoms with Crippen molar-refractivity contribution in [3.05, 3.63) is 83.4 Å².